The van der Waals surface area contributed by atoms with Gasteiger partial charge in [0.05, 0.1) is 34.1 Å². The summed E-state index contributed by atoms with van der Waals surface area (Å²) >= 11 is 7.45. The highest BCUT2D eigenvalue weighted by Gasteiger charge is 2.48. The minimum absolute atomic E-state index is 0.0564. The van der Waals surface area contributed by atoms with E-state index in [1.54, 1.807) is 36.4 Å². The summed E-state index contributed by atoms with van der Waals surface area (Å²) in [5.74, 6) is -1.34. The van der Waals surface area contributed by atoms with Gasteiger partial charge in [-0.1, -0.05) is 48.1 Å². The van der Waals surface area contributed by atoms with Gasteiger partial charge in [0.25, 0.3) is 5.78 Å². The van der Waals surface area contributed by atoms with E-state index in [0.29, 0.717) is 44.9 Å². The van der Waals surface area contributed by atoms with Gasteiger partial charge in [0.1, 0.15) is 17.1 Å². The molecule has 0 saturated carbocycles. The van der Waals surface area contributed by atoms with Crippen molar-refractivity contribution >= 4 is 61.4 Å². The Morgan fingerprint density at radius 1 is 1.10 bits per heavy atom. The van der Waals surface area contributed by atoms with Crippen LogP contribution in [0.4, 0.5) is 5.13 Å². The zero-order chi connectivity index (χ0) is 28.1. The van der Waals surface area contributed by atoms with Gasteiger partial charge in [-0.2, -0.15) is 0 Å². The normalized spacial score (nSPS) is 16.9. The summed E-state index contributed by atoms with van der Waals surface area (Å²) in [5.41, 5.74) is 3.66. The maximum absolute atomic E-state index is 13.7. The highest BCUT2D eigenvalue weighted by atomic mass is 35.5. The third-order valence-electron chi connectivity index (χ3n) is 6.94. The molecule has 5 aromatic rings. The summed E-state index contributed by atoms with van der Waals surface area (Å²) in [4.78, 5) is 38.0. The Kier molecular flexibility index (Phi) is 6.56. The number of Topliss-reactive ketones (excluding diaryl/α,β-unsaturated/α-hetero) is 1. The van der Waals surface area contributed by atoms with Gasteiger partial charge in [-0.15, -0.1) is 0 Å². The van der Waals surface area contributed by atoms with Crippen molar-refractivity contribution in [1.82, 2.24) is 14.4 Å². The van der Waals surface area contributed by atoms with Crippen molar-refractivity contribution in [3.63, 3.8) is 0 Å². The van der Waals surface area contributed by atoms with E-state index < -0.39 is 17.7 Å². The SMILES string of the molecule is CCCOc1cccc(C2C(=C(O)c3nc4c(C)cccn4c3C)C(=O)C(=O)N2c2nc3ccc(Cl)cc3s2)c1. The van der Waals surface area contributed by atoms with Crippen LogP contribution < -0.4 is 9.64 Å². The first kappa shape index (κ1) is 26.0. The Labute approximate surface area is 239 Å². The largest absolute Gasteiger partial charge is 0.505 e. The number of aryl methyl sites for hydroxylation is 2. The van der Waals surface area contributed by atoms with Crippen LogP contribution in [-0.4, -0.2) is 37.8 Å². The molecular formula is C30H25ClN4O4S. The van der Waals surface area contributed by atoms with E-state index in [0.717, 1.165) is 16.7 Å². The van der Waals surface area contributed by atoms with Crippen molar-refractivity contribution in [2.24, 2.45) is 0 Å². The summed E-state index contributed by atoms with van der Waals surface area (Å²) in [6, 6.07) is 15.3. The molecule has 202 valence electrons. The predicted molar refractivity (Wildman–Crippen MR) is 156 cm³/mol. The van der Waals surface area contributed by atoms with Gasteiger partial charge in [-0.25, -0.2) is 9.97 Å². The Balaban J connectivity index is 1.58. The molecule has 6 rings (SSSR count). The van der Waals surface area contributed by atoms with Crippen molar-refractivity contribution in [3.05, 3.63) is 93.9 Å². The topological polar surface area (TPSA) is 97.0 Å². The minimum atomic E-state index is -0.952. The number of hydrogen-bond acceptors (Lipinski definition) is 7. The molecule has 1 atom stereocenters. The molecule has 0 aliphatic carbocycles. The molecule has 2 aromatic carbocycles. The fraction of sp³-hybridized carbons (Fsp3) is 0.200. The molecular weight excluding hydrogens is 548 g/mol. The number of aromatic nitrogens is 3. The Bertz CT molecular complexity index is 1860. The first-order chi connectivity index (χ1) is 19.3. The minimum Gasteiger partial charge on any atom is -0.505 e. The van der Waals surface area contributed by atoms with Crippen LogP contribution in [0.2, 0.25) is 5.02 Å². The molecule has 1 unspecified atom stereocenters. The van der Waals surface area contributed by atoms with Crippen molar-refractivity contribution in [2.45, 2.75) is 33.2 Å². The molecule has 1 amide bonds. The molecule has 10 heteroatoms. The number of amides is 1. The zero-order valence-electron chi connectivity index (χ0n) is 22.0. The molecule has 4 heterocycles. The number of benzene rings is 2. The van der Waals surface area contributed by atoms with Crippen LogP contribution in [0.5, 0.6) is 5.75 Å². The number of pyridine rings is 1. The molecule has 1 saturated heterocycles. The van der Waals surface area contributed by atoms with Crippen LogP contribution in [0.25, 0.3) is 21.6 Å². The predicted octanol–water partition coefficient (Wildman–Crippen LogP) is 6.63. The molecule has 3 aromatic heterocycles. The molecule has 0 bridgehead atoms. The highest BCUT2D eigenvalue weighted by Crippen LogP contribution is 2.45. The van der Waals surface area contributed by atoms with Crippen molar-refractivity contribution in [1.29, 1.82) is 0 Å². The summed E-state index contributed by atoms with van der Waals surface area (Å²) in [7, 11) is 0. The van der Waals surface area contributed by atoms with E-state index >= 15 is 0 Å². The lowest BCUT2D eigenvalue weighted by Gasteiger charge is -2.23. The number of fused-ring (bicyclic) bond motifs is 2. The number of halogens is 1. The van der Waals surface area contributed by atoms with Crippen LogP contribution in [0.3, 0.4) is 0 Å². The van der Waals surface area contributed by atoms with Crippen LogP contribution in [0.15, 0.2) is 66.4 Å². The first-order valence-corrected chi connectivity index (χ1v) is 14.0. The molecule has 40 heavy (non-hydrogen) atoms. The van der Waals surface area contributed by atoms with Gasteiger partial charge in [0.15, 0.2) is 10.9 Å². The third kappa shape index (κ3) is 4.22. The van der Waals surface area contributed by atoms with Crippen molar-refractivity contribution < 1.29 is 19.4 Å². The number of aliphatic hydroxyl groups is 1. The third-order valence-corrected chi connectivity index (χ3v) is 8.20. The fourth-order valence-corrected chi connectivity index (χ4v) is 6.27. The van der Waals surface area contributed by atoms with Gasteiger partial charge < -0.3 is 14.2 Å². The van der Waals surface area contributed by atoms with E-state index in [2.05, 4.69) is 9.97 Å². The number of nitrogens with zero attached hydrogens (tertiary/aromatic N) is 4. The zero-order valence-corrected chi connectivity index (χ0v) is 23.6. The number of anilines is 1. The summed E-state index contributed by atoms with van der Waals surface area (Å²) in [6.07, 6.45) is 2.67. The highest BCUT2D eigenvalue weighted by molar-refractivity contribution is 7.22. The summed E-state index contributed by atoms with van der Waals surface area (Å²) < 4.78 is 8.48. The van der Waals surface area contributed by atoms with Crippen molar-refractivity contribution in [3.8, 4) is 5.75 Å². The number of carbonyl (C=O) groups is 2. The second-order valence-corrected chi connectivity index (χ2v) is 11.1. The summed E-state index contributed by atoms with van der Waals surface area (Å²) in [5, 5.41) is 12.6. The number of carbonyl (C=O) groups excluding carboxylic acids is 2. The quantitative estimate of drug-likeness (QED) is 0.139. The number of hydrogen-bond donors (Lipinski definition) is 1. The molecule has 1 fully saturated rings. The number of ether oxygens (including phenoxy) is 1. The summed E-state index contributed by atoms with van der Waals surface area (Å²) in [6.45, 7) is 6.26. The number of thiazole rings is 1. The van der Waals surface area contributed by atoms with Crippen LogP contribution >= 0.6 is 22.9 Å². The number of rotatable bonds is 6. The van der Waals surface area contributed by atoms with E-state index in [-0.39, 0.29) is 17.0 Å². The van der Waals surface area contributed by atoms with Gasteiger partial charge in [-0.05, 0) is 67.8 Å². The lowest BCUT2D eigenvalue weighted by Crippen LogP contribution is -2.29. The monoisotopic (exact) mass is 572 g/mol. The fourth-order valence-electron chi connectivity index (χ4n) is 5.00. The Morgan fingerprint density at radius 3 is 2.70 bits per heavy atom. The van der Waals surface area contributed by atoms with E-state index in [1.807, 2.05) is 49.6 Å². The second-order valence-electron chi connectivity index (χ2n) is 9.63. The lowest BCUT2D eigenvalue weighted by atomic mass is 9.96. The molecule has 1 N–H and O–H groups in total. The molecule has 0 spiro atoms. The Morgan fingerprint density at radius 2 is 1.93 bits per heavy atom. The molecule has 1 aliphatic heterocycles. The van der Waals surface area contributed by atoms with E-state index in [4.69, 9.17) is 16.3 Å². The van der Waals surface area contributed by atoms with E-state index in [1.165, 1.54) is 16.2 Å². The lowest BCUT2D eigenvalue weighted by molar-refractivity contribution is -0.132. The van der Waals surface area contributed by atoms with Crippen LogP contribution in [0.1, 0.15) is 41.9 Å². The smallest absolute Gasteiger partial charge is 0.301 e. The maximum atomic E-state index is 13.7. The second kappa shape index (κ2) is 10.1. The first-order valence-electron chi connectivity index (χ1n) is 12.8. The number of ketones is 1. The average Bonchev–Trinajstić information content (AvgIpc) is 3.59. The van der Waals surface area contributed by atoms with Crippen molar-refractivity contribution in [2.75, 3.05) is 11.5 Å². The standard InChI is InChI=1S/C30H25ClN4O4S/c1-4-13-39-20-9-5-8-18(14-20)25-23(26(36)24-17(3)34-12-6-7-16(2)28(34)33-24)27(37)29(38)35(25)30-32-21-11-10-19(31)15-22(21)40-30/h5-12,14-15,25,36H,4,13H2,1-3H3. The van der Waals surface area contributed by atoms with Gasteiger partial charge in [0.2, 0.25) is 0 Å². The van der Waals surface area contributed by atoms with Gasteiger partial charge >= 0.3 is 5.91 Å². The average molecular weight is 573 g/mol. The molecule has 0 radical (unpaired) electrons. The maximum Gasteiger partial charge on any atom is 0.301 e. The number of imidazole rings is 1. The number of aliphatic hydroxyl groups excluding tert-OH is 1. The van der Waals surface area contributed by atoms with Gasteiger partial charge in [0, 0.05) is 11.2 Å². The Hall–Kier alpha value is -4.21. The van der Waals surface area contributed by atoms with E-state index in [9.17, 15) is 14.7 Å². The van der Waals surface area contributed by atoms with Gasteiger partial charge in [-0.3, -0.25) is 14.5 Å². The van der Waals surface area contributed by atoms with Crippen LogP contribution in [-0.2, 0) is 9.59 Å². The van der Waals surface area contributed by atoms with Crippen LogP contribution in [0, 0.1) is 13.8 Å². The molecule has 8 nitrogen and oxygen atoms in total. The molecule has 1 aliphatic rings.